The summed E-state index contributed by atoms with van der Waals surface area (Å²) in [5.74, 6) is -0.209. The van der Waals surface area contributed by atoms with Gasteiger partial charge in [-0.15, -0.1) is 0 Å². The van der Waals surface area contributed by atoms with E-state index in [2.05, 4.69) is 5.32 Å². The van der Waals surface area contributed by atoms with E-state index in [-0.39, 0.29) is 12.3 Å². The Bertz CT molecular complexity index is 777. The Morgan fingerprint density at radius 3 is 2.60 bits per heavy atom. The van der Waals surface area contributed by atoms with Gasteiger partial charge in [-0.25, -0.2) is 0 Å². The van der Waals surface area contributed by atoms with Crippen molar-refractivity contribution in [2.24, 2.45) is 0 Å². The molecule has 0 aromatic heterocycles. The van der Waals surface area contributed by atoms with Crippen LogP contribution in [0.4, 0.5) is 11.4 Å². The molecule has 2 aromatic carbocycles. The van der Waals surface area contributed by atoms with Crippen LogP contribution in [0.25, 0.3) is 0 Å². The standard InChI is InChI=1S/C19H21ClN2O3/c1-4-22(15-7-5-6-13(2)10-15)19(24)12-18(23)21-16-11-14(20)8-9-17(16)25-3/h5-11H,4,12H2,1-3H3,(H,21,23). The molecule has 0 saturated heterocycles. The van der Waals surface area contributed by atoms with Crippen LogP contribution in [0.1, 0.15) is 18.9 Å². The molecule has 2 rings (SSSR count). The molecule has 0 unspecified atom stereocenters. The number of anilines is 2. The van der Waals surface area contributed by atoms with Crippen molar-refractivity contribution in [1.29, 1.82) is 0 Å². The molecule has 0 aliphatic carbocycles. The quantitative estimate of drug-likeness (QED) is 0.791. The van der Waals surface area contributed by atoms with E-state index in [1.807, 2.05) is 38.1 Å². The molecule has 1 N–H and O–H groups in total. The van der Waals surface area contributed by atoms with E-state index in [9.17, 15) is 9.59 Å². The van der Waals surface area contributed by atoms with Crippen LogP contribution < -0.4 is 15.0 Å². The Morgan fingerprint density at radius 1 is 1.20 bits per heavy atom. The normalized spacial score (nSPS) is 10.2. The molecule has 0 aliphatic heterocycles. The molecular formula is C19H21ClN2O3. The van der Waals surface area contributed by atoms with E-state index in [1.165, 1.54) is 7.11 Å². The predicted molar refractivity (Wildman–Crippen MR) is 100 cm³/mol. The molecule has 132 valence electrons. The van der Waals surface area contributed by atoms with Crippen molar-refractivity contribution >= 4 is 34.8 Å². The first-order chi connectivity index (χ1) is 11.9. The third-order valence-corrected chi connectivity index (χ3v) is 3.91. The molecule has 0 aliphatic rings. The number of benzene rings is 2. The fourth-order valence-corrected chi connectivity index (χ4v) is 2.68. The number of hydrogen-bond acceptors (Lipinski definition) is 3. The van der Waals surface area contributed by atoms with E-state index in [4.69, 9.17) is 16.3 Å². The number of carbonyl (C=O) groups is 2. The maximum Gasteiger partial charge on any atom is 0.236 e. The Labute approximate surface area is 152 Å². The van der Waals surface area contributed by atoms with Gasteiger partial charge in [0.15, 0.2) is 0 Å². The number of nitrogens with zero attached hydrogens (tertiary/aromatic N) is 1. The first-order valence-electron chi connectivity index (χ1n) is 7.95. The number of ether oxygens (including phenoxy) is 1. The Balaban J connectivity index is 2.09. The summed E-state index contributed by atoms with van der Waals surface area (Å²) < 4.78 is 5.19. The maximum atomic E-state index is 12.5. The summed E-state index contributed by atoms with van der Waals surface area (Å²) in [7, 11) is 1.50. The van der Waals surface area contributed by atoms with Crippen molar-refractivity contribution in [1.82, 2.24) is 0 Å². The molecule has 0 atom stereocenters. The summed E-state index contributed by atoms with van der Waals surface area (Å²) in [5.41, 5.74) is 2.27. The molecule has 0 bridgehead atoms. The zero-order chi connectivity index (χ0) is 18.4. The fourth-order valence-electron chi connectivity index (χ4n) is 2.50. The van der Waals surface area contributed by atoms with Crippen LogP contribution in [-0.4, -0.2) is 25.5 Å². The minimum Gasteiger partial charge on any atom is -0.495 e. The molecule has 0 heterocycles. The SMILES string of the molecule is CCN(C(=O)CC(=O)Nc1cc(Cl)ccc1OC)c1cccc(C)c1. The van der Waals surface area contributed by atoms with Crippen LogP contribution >= 0.6 is 11.6 Å². The summed E-state index contributed by atoms with van der Waals surface area (Å²) in [4.78, 5) is 26.4. The van der Waals surface area contributed by atoms with Gasteiger partial charge in [0, 0.05) is 17.3 Å². The summed E-state index contributed by atoms with van der Waals surface area (Å²) in [6, 6.07) is 12.5. The van der Waals surface area contributed by atoms with Crippen molar-refractivity contribution in [3.8, 4) is 5.75 Å². The number of rotatable bonds is 6. The summed E-state index contributed by atoms with van der Waals surface area (Å²) >= 11 is 5.95. The number of nitrogens with one attached hydrogen (secondary N) is 1. The highest BCUT2D eigenvalue weighted by atomic mass is 35.5. The zero-order valence-corrected chi connectivity index (χ0v) is 15.3. The Morgan fingerprint density at radius 2 is 1.96 bits per heavy atom. The van der Waals surface area contributed by atoms with Gasteiger partial charge in [0.2, 0.25) is 11.8 Å². The highest BCUT2D eigenvalue weighted by Gasteiger charge is 2.18. The molecule has 25 heavy (non-hydrogen) atoms. The number of carbonyl (C=O) groups excluding carboxylic acids is 2. The topological polar surface area (TPSA) is 58.6 Å². The largest absolute Gasteiger partial charge is 0.495 e. The molecule has 0 radical (unpaired) electrons. The van der Waals surface area contributed by atoms with Gasteiger partial charge in [0.25, 0.3) is 0 Å². The van der Waals surface area contributed by atoms with E-state index < -0.39 is 5.91 Å². The van der Waals surface area contributed by atoms with Crippen LogP contribution in [0.15, 0.2) is 42.5 Å². The number of amides is 2. The second kappa shape index (κ2) is 8.53. The molecule has 0 spiro atoms. The van der Waals surface area contributed by atoms with Gasteiger partial charge >= 0.3 is 0 Å². The monoisotopic (exact) mass is 360 g/mol. The van der Waals surface area contributed by atoms with Crippen molar-refractivity contribution in [2.45, 2.75) is 20.3 Å². The second-order valence-electron chi connectivity index (χ2n) is 5.55. The minimum absolute atomic E-state index is 0.266. The molecule has 5 nitrogen and oxygen atoms in total. The highest BCUT2D eigenvalue weighted by Crippen LogP contribution is 2.27. The number of hydrogen-bond donors (Lipinski definition) is 1. The fraction of sp³-hybridized carbons (Fsp3) is 0.263. The van der Waals surface area contributed by atoms with Gasteiger partial charge in [-0.05, 0) is 49.7 Å². The van der Waals surface area contributed by atoms with Crippen LogP contribution in [0.2, 0.25) is 5.02 Å². The third-order valence-electron chi connectivity index (χ3n) is 3.68. The van der Waals surface area contributed by atoms with Crippen molar-refractivity contribution < 1.29 is 14.3 Å². The summed E-state index contributed by atoms with van der Waals surface area (Å²) in [5, 5.41) is 3.15. The smallest absolute Gasteiger partial charge is 0.236 e. The molecule has 0 saturated carbocycles. The number of aryl methyl sites for hydroxylation is 1. The highest BCUT2D eigenvalue weighted by molar-refractivity contribution is 6.31. The Hall–Kier alpha value is -2.53. The zero-order valence-electron chi connectivity index (χ0n) is 14.5. The lowest BCUT2D eigenvalue weighted by Gasteiger charge is -2.21. The average Bonchev–Trinajstić information content (AvgIpc) is 2.55. The molecule has 0 fully saturated rings. The molecule has 6 heteroatoms. The molecule has 2 amide bonds. The summed E-state index contributed by atoms with van der Waals surface area (Å²) in [6.45, 7) is 4.31. The predicted octanol–water partition coefficient (Wildman–Crippen LogP) is 4.04. The lowest BCUT2D eigenvalue weighted by Crippen LogP contribution is -2.33. The Kier molecular flexibility index (Phi) is 6.42. The maximum absolute atomic E-state index is 12.5. The van der Waals surface area contributed by atoms with Gasteiger partial charge in [0.05, 0.1) is 12.8 Å². The third kappa shape index (κ3) is 4.97. The van der Waals surface area contributed by atoms with Crippen molar-refractivity contribution in [3.63, 3.8) is 0 Å². The first kappa shape index (κ1) is 18.8. The molecule has 2 aromatic rings. The van der Waals surface area contributed by atoms with Gasteiger partial charge in [-0.1, -0.05) is 23.7 Å². The van der Waals surface area contributed by atoms with Crippen molar-refractivity contribution in [3.05, 3.63) is 53.1 Å². The van der Waals surface area contributed by atoms with E-state index in [0.717, 1.165) is 11.3 Å². The summed E-state index contributed by atoms with van der Waals surface area (Å²) in [6.07, 6.45) is -0.266. The van der Waals surface area contributed by atoms with Gasteiger partial charge < -0.3 is 15.0 Å². The average molecular weight is 361 g/mol. The van der Waals surface area contributed by atoms with Gasteiger partial charge in [-0.3, -0.25) is 9.59 Å². The van der Waals surface area contributed by atoms with Crippen LogP contribution in [0.5, 0.6) is 5.75 Å². The second-order valence-corrected chi connectivity index (χ2v) is 5.98. The lowest BCUT2D eigenvalue weighted by molar-refractivity contribution is -0.125. The molecular weight excluding hydrogens is 340 g/mol. The number of methoxy groups -OCH3 is 1. The first-order valence-corrected chi connectivity index (χ1v) is 8.32. The van der Waals surface area contributed by atoms with Gasteiger partial charge in [0.1, 0.15) is 12.2 Å². The van der Waals surface area contributed by atoms with E-state index in [1.54, 1.807) is 23.1 Å². The van der Waals surface area contributed by atoms with E-state index in [0.29, 0.717) is 23.0 Å². The number of halogens is 1. The van der Waals surface area contributed by atoms with Gasteiger partial charge in [-0.2, -0.15) is 0 Å². The lowest BCUT2D eigenvalue weighted by atomic mass is 10.2. The van der Waals surface area contributed by atoms with Crippen molar-refractivity contribution in [2.75, 3.05) is 23.9 Å². The van der Waals surface area contributed by atoms with Crippen LogP contribution in [0.3, 0.4) is 0 Å². The van der Waals surface area contributed by atoms with Crippen LogP contribution in [-0.2, 0) is 9.59 Å². The minimum atomic E-state index is -0.420. The van der Waals surface area contributed by atoms with Crippen LogP contribution in [0, 0.1) is 6.92 Å². The van der Waals surface area contributed by atoms with E-state index >= 15 is 0 Å².